The van der Waals surface area contributed by atoms with E-state index in [1.165, 1.54) is 12.2 Å². The van der Waals surface area contributed by atoms with Crippen LogP contribution < -0.4 is 10.2 Å². The second kappa shape index (κ2) is 7.15. The maximum atomic E-state index is 4.79. The summed E-state index contributed by atoms with van der Waals surface area (Å²) in [6.45, 7) is 9.71. The summed E-state index contributed by atoms with van der Waals surface area (Å²) in [7, 11) is 0. The minimum absolute atomic E-state index is 0.501. The van der Waals surface area contributed by atoms with Crippen LogP contribution in [0, 0.1) is 0 Å². The largest absolute Gasteiger partial charge is 0.355 e. The number of nitrogens with zero attached hydrogens (tertiary/aromatic N) is 2. The first-order chi connectivity index (χ1) is 9.19. The van der Waals surface area contributed by atoms with Crippen LogP contribution in [-0.2, 0) is 6.54 Å². The van der Waals surface area contributed by atoms with Crippen LogP contribution in [0.4, 0.5) is 5.82 Å². The lowest BCUT2D eigenvalue weighted by Crippen LogP contribution is -2.38. The van der Waals surface area contributed by atoms with E-state index in [9.17, 15) is 0 Å². The van der Waals surface area contributed by atoms with Crippen LogP contribution in [0.2, 0.25) is 0 Å². The molecule has 0 bridgehead atoms. The molecule has 2 rings (SSSR count). The number of hydrogen-bond donors (Lipinski definition) is 1. The molecule has 0 aliphatic carbocycles. The average molecular weight is 279 g/mol. The Balaban J connectivity index is 2.01. The van der Waals surface area contributed by atoms with Gasteiger partial charge >= 0.3 is 0 Å². The van der Waals surface area contributed by atoms with Crippen LogP contribution in [0.1, 0.15) is 32.9 Å². The summed E-state index contributed by atoms with van der Waals surface area (Å²) in [6.07, 6.45) is 1.25. The van der Waals surface area contributed by atoms with Crippen molar-refractivity contribution < 1.29 is 0 Å². The molecule has 0 radical (unpaired) electrons. The maximum Gasteiger partial charge on any atom is 0.128 e. The van der Waals surface area contributed by atoms with Gasteiger partial charge < -0.3 is 10.2 Å². The molecule has 0 saturated carbocycles. The molecule has 1 atom stereocenters. The molecule has 106 valence electrons. The fourth-order valence-electron chi connectivity index (χ4n) is 2.22. The van der Waals surface area contributed by atoms with Gasteiger partial charge in [-0.25, -0.2) is 4.98 Å². The van der Waals surface area contributed by atoms with Crippen molar-refractivity contribution in [3.05, 3.63) is 23.9 Å². The number of rotatable bonds is 5. The van der Waals surface area contributed by atoms with Gasteiger partial charge in [0.05, 0.1) is 5.69 Å². The van der Waals surface area contributed by atoms with Crippen LogP contribution >= 0.6 is 11.8 Å². The van der Waals surface area contributed by atoms with Crippen molar-refractivity contribution in [2.45, 2.75) is 45.0 Å². The van der Waals surface area contributed by atoms with E-state index in [-0.39, 0.29) is 0 Å². The van der Waals surface area contributed by atoms with Gasteiger partial charge in [0.1, 0.15) is 5.82 Å². The molecule has 3 nitrogen and oxygen atoms in total. The van der Waals surface area contributed by atoms with Crippen LogP contribution in [-0.4, -0.2) is 35.1 Å². The smallest absolute Gasteiger partial charge is 0.128 e. The minimum Gasteiger partial charge on any atom is -0.355 e. The molecule has 2 heterocycles. The van der Waals surface area contributed by atoms with Gasteiger partial charge in [-0.3, -0.25) is 0 Å². The third-order valence-corrected chi connectivity index (χ3v) is 4.77. The topological polar surface area (TPSA) is 28.2 Å². The Labute approximate surface area is 121 Å². The van der Waals surface area contributed by atoms with Crippen molar-refractivity contribution in [3.63, 3.8) is 0 Å². The van der Waals surface area contributed by atoms with E-state index in [2.05, 4.69) is 60.9 Å². The third-order valence-electron chi connectivity index (χ3n) is 3.40. The highest BCUT2D eigenvalue weighted by Crippen LogP contribution is 2.24. The van der Waals surface area contributed by atoms with E-state index < -0.39 is 0 Å². The summed E-state index contributed by atoms with van der Waals surface area (Å²) in [5, 5.41) is 4.18. The quantitative estimate of drug-likeness (QED) is 0.897. The summed E-state index contributed by atoms with van der Waals surface area (Å²) in [5.74, 6) is 2.36. The molecule has 0 spiro atoms. The minimum atomic E-state index is 0.501. The molecule has 0 amide bonds. The van der Waals surface area contributed by atoms with Gasteiger partial charge in [0, 0.05) is 36.7 Å². The van der Waals surface area contributed by atoms with Gasteiger partial charge in [0.2, 0.25) is 0 Å². The Hall–Kier alpha value is -0.740. The van der Waals surface area contributed by atoms with Gasteiger partial charge in [-0.15, -0.1) is 0 Å². The SMILES string of the molecule is CCC1CN(c2cccc(CNC(C)C)n2)CCS1. The first-order valence-corrected chi connectivity index (χ1v) is 8.29. The summed E-state index contributed by atoms with van der Waals surface area (Å²) in [5.41, 5.74) is 1.14. The summed E-state index contributed by atoms with van der Waals surface area (Å²) in [6, 6.07) is 6.88. The number of hydrogen-bond acceptors (Lipinski definition) is 4. The predicted molar refractivity (Wildman–Crippen MR) is 85.0 cm³/mol. The molecular weight excluding hydrogens is 254 g/mol. The molecule has 1 aliphatic rings. The van der Waals surface area contributed by atoms with E-state index >= 15 is 0 Å². The number of aromatic nitrogens is 1. The lowest BCUT2D eigenvalue weighted by molar-refractivity contribution is 0.580. The zero-order valence-corrected chi connectivity index (χ0v) is 13.0. The summed E-state index contributed by atoms with van der Waals surface area (Å²) in [4.78, 5) is 7.23. The van der Waals surface area contributed by atoms with E-state index in [1.54, 1.807) is 0 Å². The fourth-order valence-corrected chi connectivity index (χ4v) is 3.40. The number of pyridine rings is 1. The second-order valence-corrected chi connectivity index (χ2v) is 6.78. The van der Waals surface area contributed by atoms with Gasteiger partial charge in [0.15, 0.2) is 0 Å². The fraction of sp³-hybridized carbons (Fsp3) is 0.667. The van der Waals surface area contributed by atoms with Crippen molar-refractivity contribution in [2.24, 2.45) is 0 Å². The van der Waals surface area contributed by atoms with E-state index in [4.69, 9.17) is 4.98 Å². The third kappa shape index (κ3) is 4.39. The van der Waals surface area contributed by atoms with Crippen LogP contribution in [0.5, 0.6) is 0 Å². The highest BCUT2D eigenvalue weighted by Gasteiger charge is 2.19. The molecule has 1 N–H and O–H groups in total. The Morgan fingerprint density at radius 3 is 3.05 bits per heavy atom. The van der Waals surface area contributed by atoms with Crippen LogP contribution in [0.25, 0.3) is 0 Å². The molecular formula is C15H25N3S. The molecule has 1 aliphatic heterocycles. The Morgan fingerprint density at radius 2 is 2.32 bits per heavy atom. The molecule has 0 aromatic carbocycles. The maximum absolute atomic E-state index is 4.79. The number of anilines is 1. The summed E-state index contributed by atoms with van der Waals surface area (Å²) < 4.78 is 0. The van der Waals surface area contributed by atoms with Crippen molar-refractivity contribution >= 4 is 17.6 Å². The monoisotopic (exact) mass is 279 g/mol. The van der Waals surface area contributed by atoms with Crippen molar-refractivity contribution in [1.29, 1.82) is 0 Å². The van der Waals surface area contributed by atoms with E-state index in [0.29, 0.717) is 6.04 Å². The molecule has 1 aromatic heterocycles. The Bertz CT molecular complexity index is 395. The molecule has 1 aromatic rings. The average Bonchev–Trinajstić information content (AvgIpc) is 2.45. The lowest BCUT2D eigenvalue weighted by Gasteiger charge is -2.33. The Kier molecular flexibility index (Phi) is 5.52. The number of thioether (sulfide) groups is 1. The van der Waals surface area contributed by atoms with Crippen molar-refractivity contribution in [1.82, 2.24) is 10.3 Å². The van der Waals surface area contributed by atoms with E-state index in [1.807, 2.05) is 0 Å². The first-order valence-electron chi connectivity index (χ1n) is 7.25. The predicted octanol–water partition coefficient (Wildman–Crippen LogP) is 2.91. The summed E-state index contributed by atoms with van der Waals surface area (Å²) >= 11 is 2.10. The highest BCUT2D eigenvalue weighted by atomic mass is 32.2. The second-order valence-electron chi connectivity index (χ2n) is 5.37. The van der Waals surface area contributed by atoms with Gasteiger partial charge in [-0.1, -0.05) is 26.8 Å². The highest BCUT2D eigenvalue weighted by molar-refractivity contribution is 8.00. The van der Waals surface area contributed by atoms with Crippen molar-refractivity contribution in [2.75, 3.05) is 23.7 Å². The molecule has 1 fully saturated rings. The van der Waals surface area contributed by atoms with Gasteiger partial charge in [-0.05, 0) is 18.6 Å². The van der Waals surface area contributed by atoms with Crippen LogP contribution in [0.3, 0.4) is 0 Å². The standard InChI is InChI=1S/C15H25N3S/c1-4-14-11-18(8-9-19-14)15-7-5-6-13(17-15)10-16-12(2)3/h5-7,12,14,16H,4,8-11H2,1-3H3. The van der Waals surface area contributed by atoms with Crippen LogP contribution in [0.15, 0.2) is 18.2 Å². The first kappa shape index (κ1) is 14.7. The van der Waals surface area contributed by atoms with Crippen molar-refractivity contribution in [3.8, 4) is 0 Å². The van der Waals surface area contributed by atoms with Gasteiger partial charge in [-0.2, -0.15) is 11.8 Å². The van der Waals surface area contributed by atoms with E-state index in [0.717, 1.165) is 36.4 Å². The number of nitrogens with one attached hydrogen (secondary N) is 1. The zero-order chi connectivity index (χ0) is 13.7. The Morgan fingerprint density at radius 1 is 1.47 bits per heavy atom. The lowest BCUT2D eigenvalue weighted by atomic mass is 10.2. The normalized spacial score (nSPS) is 20.0. The van der Waals surface area contributed by atoms with Gasteiger partial charge in [0.25, 0.3) is 0 Å². The molecule has 1 unspecified atom stereocenters. The molecule has 4 heteroatoms. The zero-order valence-electron chi connectivity index (χ0n) is 12.2. The molecule has 19 heavy (non-hydrogen) atoms. The molecule has 1 saturated heterocycles.